The fourth-order valence-corrected chi connectivity index (χ4v) is 1.65. The third-order valence-electron chi connectivity index (χ3n) is 2.61. The largest absolute Gasteiger partial charge is 0.328 e. The zero-order valence-corrected chi connectivity index (χ0v) is 10.6. The molecule has 1 amide bonds. The van der Waals surface area contributed by atoms with Gasteiger partial charge in [-0.25, -0.2) is 9.18 Å². The molecule has 0 atom stereocenters. The number of nitrogens with zero attached hydrogens (tertiary/aromatic N) is 1. The number of aryl methyl sites for hydroxylation is 1. The van der Waals surface area contributed by atoms with Crippen molar-refractivity contribution in [3.8, 4) is 0 Å². The number of carbonyl (C=O) groups excluding carboxylic acids is 1. The van der Waals surface area contributed by atoms with Gasteiger partial charge in [-0.05, 0) is 24.6 Å². The first-order chi connectivity index (χ1) is 9.45. The van der Waals surface area contributed by atoms with E-state index in [1.54, 1.807) is 13.0 Å². The van der Waals surface area contributed by atoms with Crippen LogP contribution in [-0.4, -0.2) is 15.5 Å². The normalized spacial score (nSPS) is 10.3. The van der Waals surface area contributed by atoms with E-state index in [0.717, 1.165) is 16.2 Å². The molecule has 0 aliphatic carbocycles. The van der Waals surface area contributed by atoms with Gasteiger partial charge in [-0.2, -0.15) is 0 Å². The maximum absolute atomic E-state index is 13.5. The third kappa shape index (κ3) is 3.19. The highest BCUT2D eigenvalue weighted by Gasteiger charge is 2.08. The Morgan fingerprint density at radius 3 is 2.80 bits per heavy atom. The Kier molecular flexibility index (Phi) is 3.79. The van der Waals surface area contributed by atoms with Gasteiger partial charge in [0.2, 0.25) is 5.91 Å². The number of aromatic amines is 1. The zero-order valence-electron chi connectivity index (χ0n) is 10.6. The average Bonchev–Trinajstić information content (AvgIpc) is 2.37. The molecular formula is C13H12FN3O3. The second-order valence-corrected chi connectivity index (χ2v) is 4.27. The van der Waals surface area contributed by atoms with Crippen molar-refractivity contribution in [2.75, 3.05) is 5.32 Å². The predicted molar refractivity (Wildman–Crippen MR) is 71.1 cm³/mol. The van der Waals surface area contributed by atoms with Gasteiger partial charge >= 0.3 is 5.69 Å². The van der Waals surface area contributed by atoms with E-state index >= 15 is 0 Å². The van der Waals surface area contributed by atoms with Crippen LogP contribution in [0.4, 0.5) is 10.1 Å². The van der Waals surface area contributed by atoms with Gasteiger partial charge < -0.3 is 5.32 Å². The summed E-state index contributed by atoms with van der Waals surface area (Å²) in [7, 11) is 0. The van der Waals surface area contributed by atoms with Crippen LogP contribution in [0.5, 0.6) is 0 Å². The highest BCUT2D eigenvalue weighted by atomic mass is 19.1. The molecule has 0 aliphatic heterocycles. The van der Waals surface area contributed by atoms with Crippen LogP contribution in [-0.2, 0) is 11.3 Å². The molecular weight excluding hydrogens is 265 g/mol. The molecule has 0 fully saturated rings. The fourth-order valence-electron chi connectivity index (χ4n) is 1.65. The van der Waals surface area contributed by atoms with Gasteiger partial charge in [0.05, 0.1) is 5.69 Å². The third-order valence-corrected chi connectivity index (χ3v) is 2.61. The van der Waals surface area contributed by atoms with Gasteiger partial charge in [0.1, 0.15) is 12.4 Å². The summed E-state index contributed by atoms with van der Waals surface area (Å²) in [5, 5.41) is 2.38. The first-order valence-electron chi connectivity index (χ1n) is 5.81. The topological polar surface area (TPSA) is 84.0 Å². The molecule has 1 aromatic heterocycles. The van der Waals surface area contributed by atoms with Crippen molar-refractivity contribution in [1.82, 2.24) is 9.55 Å². The van der Waals surface area contributed by atoms with E-state index < -0.39 is 23.0 Å². The van der Waals surface area contributed by atoms with Crippen molar-refractivity contribution >= 4 is 11.6 Å². The van der Waals surface area contributed by atoms with Gasteiger partial charge in [-0.1, -0.05) is 6.07 Å². The van der Waals surface area contributed by atoms with Crippen LogP contribution < -0.4 is 16.6 Å². The molecule has 20 heavy (non-hydrogen) atoms. The number of carbonyl (C=O) groups is 1. The predicted octanol–water partition coefficient (Wildman–Crippen LogP) is 0.623. The standard InChI is InChI=1S/C13H12FN3O3/c1-8-2-3-9(14)10(6-8)15-12(19)7-17-5-4-11(18)16-13(17)20/h2-6H,7H2,1H3,(H,15,19)(H,16,18,20). The van der Waals surface area contributed by atoms with Crippen molar-refractivity contribution in [1.29, 1.82) is 0 Å². The van der Waals surface area contributed by atoms with Crippen molar-refractivity contribution < 1.29 is 9.18 Å². The second-order valence-electron chi connectivity index (χ2n) is 4.27. The summed E-state index contributed by atoms with van der Waals surface area (Å²) in [4.78, 5) is 36.1. The van der Waals surface area contributed by atoms with Crippen LogP contribution in [0.1, 0.15) is 5.56 Å². The maximum Gasteiger partial charge on any atom is 0.328 e. The number of anilines is 1. The van der Waals surface area contributed by atoms with Crippen LogP contribution in [0, 0.1) is 12.7 Å². The Balaban J connectivity index is 2.15. The molecule has 6 nitrogen and oxygen atoms in total. The van der Waals surface area contributed by atoms with Gasteiger partial charge in [-0.3, -0.25) is 19.1 Å². The van der Waals surface area contributed by atoms with Crippen LogP contribution in [0.3, 0.4) is 0 Å². The lowest BCUT2D eigenvalue weighted by Crippen LogP contribution is -2.32. The lowest BCUT2D eigenvalue weighted by Gasteiger charge is -2.08. The molecule has 7 heteroatoms. The SMILES string of the molecule is Cc1ccc(F)c(NC(=O)Cn2ccc(=O)[nH]c2=O)c1. The van der Waals surface area contributed by atoms with Crippen molar-refractivity contribution in [3.05, 3.63) is 62.7 Å². The first kappa shape index (κ1) is 13.7. The molecule has 0 aliphatic rings. The van der Waals surface area contributed by atoms with Gasteiger partial charge in [0.15, 0.2) is 0 Å². The summed E-state index contributed by atoms with van der Waals surface area (Å²) in [6, 6.07) is 5.44. The zero-order chi connectivity index (χ0) is 14.7. The maximum atomic E-state index is 13.5. The minimum atomic E-state index is -0.697. The Hall–Kier alpha value is -2.70. The number of halogens is 1. The molecule has 0 unspecified atom stereocenters. The molecule has 104 valence electrons. The smallest absolute Gasteiger partial charge is 0.322 e. The van der Waals surface area contributed by atoms with Crippen molar-refractivity contribution in [2.24, 2.45) is 0 Å². The molecule has 2 N–H and O–H groups in total. The van der Waals surface area contributed by atoms with E-state index in [-0.39, 0.29) is 12.2 Å². The quantitative estimate of drug-likeness (QED) is 0.862. The minimum Gasteiger partial charge on any atom is -0.322 e. The number of aromatic nitrogens is 2. The van der Waals surface area contributed by atoms with E-state index in [0.29, 0.717) is 0 Å². The molecule has 0 spiro atoms. The summed E-state index contributed by atoms with van der Waals surface area (Å²) in [6.07, 6.45) is 1.20. The van der Waals surface area contributed by atoms with Crippen LogP contribution in [0.25, 0.3) is 0 Å². The lowest BCUT2D eigenvalue weighted by atomic mass is 10.2. The summed E-state index contributed by atoms with van der Waals surface area (Å²) in [5.41, 5.74) is -0.399. The number of hydrogen-bond donors (Lipinski definition) is 2. The van der Waals surface area contributed by atoms with Crippen LogP contribution >= 0.6 is 0 Å². The van der Waals surface area contributed by atoms with E-state index in [9.17, 15) is 18.8 Å². The number of rotatable bonds is 3. The molecule has 1 heterocycles. The molecule has 0 radical (unpaired) electrons. The Bertz CT molecular complexity index is 764. The van der Waals surface area contributed by atoms with Gasteiger partial charge in [0.25, 0.3) is 5.56 Å². The summed E-state index contributed by atoms with van der Waals surface area (Å²) < 4.78 is 14.5. The summed E-state index contributed by atoms with van der Waals surface area (Å²) in [6.45, 7) is 1.45. The van der Waals surface area contributed by atoms with E-state index in [1.807, 2.05) is 4.98 Å². The average molecular weight is 277 g/mol. The minimum absolute atomic E-state index is 0.0486. The second kappa shape index (κ2) is 5.52. The number of benzene rings is 1. The van der Waals surface area contributed by atoms with E-state index in [4.69, 9.17) is 0 Å². The molecule has 0 saturated carbocycles. The Morgan fingerprint density at radius 2 is 2.10 bits per heavy atom. The number of amides is 1. The Morgan fingerprint density at radius 1 is 1.35 bits per heavy atom. The molecule has 0 bridgehead atoms. The van der Waals surface area contributed by atoms with Gasteiger partial charge in [-0.15, -0.1) is 0 Å². The molecule has 2 aromatic rings. The summed E-state index contributed by atoms with van der Waals surface area (Å²) in [5.74, 6) is -1.12. The van der Waals surface area contributed by atoms with Crippen LogP contribution in [0.15, 0.2) is 40.1 Å². The monoisotopic (exact) mass is 277 g/mol. The first-order valence-corrected chi connectivity index (χ1v) is 5.81. The highest BCUT2D eigenvalue weighted by molar-refractivity contribution is 5.90. The Labute approximate surface area is 112 Å². The van der Waals surface area contributed by atoms with Crippen molar-refractivity contribution in [3.63, 3.8) is 0 Å². The fraction of sp³-hybridized carbons (Fsp3) is 0.154. The van der Waals surface area contributed by atoms with E-state index in [2.05, 4.69) is 5.32 Å². The van der Waals surface area contributed by atoms with Crippen molar-refractivity contribution in [2.45, 2.75) is 13.5 Å². The van der Waals surface area contributed by atoms with Gasteiger partial charge in [0, 0.05) is 12.3 Å². The van der Waals surface area contributed by atoms with E-state index in [1.165, 1.54) is 18.3 Å². The lowest BCUT2D eigenvalue weighted by molar-refractivity contribution is -0.116. The highest BCUT2D eigenvalue weighted by Crippen LogP contribution is 2.15. The molecule has 2 rings (SSSR count). The number of H-pyrrole nitrogens is 1. The number of hydrogen-bond acceptors (Lipinski definition) is 3. The molecule has 1 aromatic carbocycles. The van der Waals surface area contributed by atoms with Crippen LogP contribution in [0.2, 0.25) is 0 Å². The molecule has 0 saturated heterocycles. The summed E-state index contributed by atoms with van der Waals surface area (Å²) >= 11 is 0. The number of nitrogens with one attached hydrogen (secondary N) is 2.